The van der Waals surface area contributed by atoms with Crippen molar-refractivity contribution in [3.05, 3.63) is 58.7 Å². The van der Waals surface area contributed by atoms with Gasteiger partial charge in [0, 0.05) is 5.56 Å². The van der Waals surface area contributed by atoms with Crippen molar-refractivity contribution in [2.75, 3.05) is 0 Å². The Balaban J connectivity index is 2.20. The summed E-state index contributed by atoms with van der Waals surface area (Å²) in [6, 6.07) is 12.1. The van der Waals surface area contributed by atoms with Gasteiger partial charge in [-0.1, -0.05) is 45.0 Å². The van der Waals surface area contributed by atoms with Crippen molar-refractivity contribution >= 4 is 19.4 Å². The van der Waals surface area contributed by atoms with Crippen LogP contribution >= 0.6 is 8.58 Å². The first kappa shape index (κ1) is 19.7. The monoisotopic (exact) mass is 356 g/mol. The molecule has 0 spiro atoms. The van der Waals surface area contributed by atoms with Crippen LogP contribution in [-0.4, -0.2) is 11.6 Å². The van der Waals surface area contributed by atoms with E-state index < -0.39 is 0 Å². The van der Waals surface area contributed by atoms with Crippen molar-refractivity contribution < 1.29 is 9.53 Å². The van der Waals surface area contributed by atoms with Crippen molar-refractivity contribution in [1.29, 1.82) is 0 Å². The third-order valence-electron chi connectivity index (χ3n) is 4.13. The van der Waals surface area contributed by atoms with Gasteiger partial charge in [-0.25, -0.2) is 0 Å². The van der Waals surface area contributed by atoms with E-state index in [9.17, 15) is 4.79 Å². The smallest absolute Gasteiger partial charge is 0.185 e. The zero-order chi connectivity index (χ0) is 18.8. The number of hydrogen-bond donors (Lipinski definition) is 0. The molecule has 3 heteroatoms. The largest absolute Gasteiger partial charge is 0.491 e. The van der Waals surface area contributed by atoms with Gasteiger partial charge >= 0.3 is 0 Å². The molecule has 0 heterocycles. The van der Waals surface area contributed by atoms with Crippen LogP contribution in [0, 0.1) is 13.8 Å². The third kappa shape index (κ3) is 5.16. The summed E-state index contributed by atoms with van der Waals surface area (Å²) in [5.41, 5.74) is 4.55. The molecule has 2 aromatic carbocycles. The zero-order valence-electron chi connectivity index (χ0n) is 16.4. The molecule has 2 rings (SSSR count). The van der Waals surface area contributed by atoms with Gasteiger partial charge in [-0.3, -0.25) is 4.79 Å². The van der Waals surface area contributed by atoms with E-state index in [1.165, 1.54) is 5.56 Å². The zero-order valence-corrected chi connectivity index (χ0v) is 17.4. The van der Waals surface area contributed by atoms with Crippen LogP contribution in [-0.2, 0) is 5.41 Å². The van der Waals surface area contributed by atoms with Gasteiger partial charge in [0.1, 0.15) is 5.75 Å². The van der Waals surface area contributed by atoms with E-state index in [-0.39, 0.29) is 25.6 Å². The maximum absolute atomic E-state index is 12.7. The Hall–Kier alpha value is -1.66. The minimum absolute atomic E-state index is 0.100. The van der Waals surface area contributed by atoms with Gasteiger partial charge in [-0.05, 0) is 75.8 Å². The van der Waals surface area contributed by atoms with Gasteiger partial charge in [0.15, 0.2) is 5.52 Å². The standard InChI is InChI=1S/C22H29O2P/c1-14(2)24-19-12-15(3)20(16(4)13-19)25-21(23)17-8-10-18(11-9-17)22(5,6)7/h8-14,25H,1-7H3. The van der Waals surface area contributed by atoms with Crippen molar-refractivity contribution in [2.24, 2.45) is 0 Å². The Labute approximate surface area is 153 Å². The second kappa shape index (κ2) is 7.70. The fourth-order valence-electron chi connectivity index (χ4n) is 2.77. The highest BCUT2D eigenvalue weighted by Crippen LogP contribution is 2.28. The minimum atomic E-state index is 0.100. The first-order valence-corrected chi connectivity index (χ1v) is 9.77. The lowest BCUT2D eigenvalue weighted by Gasteiger charge is -2.19. The van der Waals surface area contributed by atoms with Crippen molar-refractivity contribution in [1.82, 2.24) is 0 Å². The average Bonchev–Trinajstić information content (AvgIpc) is 2.49. The van der Waals surface area contributed by atoms with Gasteiger partial charge < -0.3 is 4.74 Å². The molecule has 25 heavy (non-hydrogen) atoms. The summed E-state index contributed by atoms with van der Waals surface area (Å²) in [7, 11) is 0.135. The Morgan fingerprint density at radius 2 is 1.52 bits per heavy atom. The average molecular weight is 356 g/mol. The van der Waals surface area contributed by atoms with Crippen LogP contribution in [0.4, 0.5) is 0 Å². The van der Waals surface area contributed by atoms with Crippen LogP contribution in [0.15, 0.2) is 36.4 Å². The molecule has 2 aromatic rings. The second-order valence-electron chi connectivity index (χ2n) is 7.88. The molecule has 0 saturated carbocycles. The third-order valence-corrected chi connectivity index (χ3v) is 5.68. The van der Waals surface area contributed by atoms with Gasteiger partial charge in [0.2, 0.25) is 0 Å². The van der Waals surface area contributed by atoms with Crippen LogP contribution in [0.5, 0.6) is 5.75 Å². The number of aryl methyl sites for hydroxylation is 2. The minimum Gasteiger partial charge on any atom is -0.491 e. The van der Waals surface area contributed by atoms with Gasteiger partial charge in [-0.15, -0.1) is 0 Å². The number of carbonyl (C=O) groups excluding carboxylic acids is 1. The maximum atomic E-state index is 12.7. The van der Waals surface area contributed by atoms with Crippen LogP contribution < -0.4 is 10.0 Å². The van der Waals surface area contributed by atoms with E-state index >= 15 is 0 Å². The van der Waals surface area contributed by atoms with Crippen molar-refractivity contribution in [3.63, 3.8) is 0 Å². The summed E-state index contributed by atoms with van der Waals surface area (Å²) >= 11 is 0. The first-order valence-electron chi connectivity index (χ1n) is 8.77. The Kier molecular flexibility index (Phi) is 6.06. The number of hydrogen-bond acceptors (Lipinski definition) is 2. The predicted molar refractivity (Wildman–Crippen MR) is 109 cm³/mol. The van der Waals surface area contributed by atoms with Crippen LogP contribution in [0.2, 0.25) is 0 Å². The number of ether oxygens (including phenoxy) is 1. The lowest BCUT2D eigenvalue weighted by atomic mass is 9.87. The lowest BCUT2D eigenvalue weighted by Crippen LogP contribution is -2.13. The molecule has 1 unspecified atom stereocenters. The van der Waals surface area contributed by atoms with E-state index in [0.29, 0.717) is 0 Å². The van der Waals surface area contributed by atoms with E-state index in [4.69, 9.17) is 4.74 Å². The van der Waals surface area contributed by atoms with Crippen LogP contribution in [0.3, 0.4) is 0 Å². The Morgan fingerprint density at radius 1 is 1.00 bits per heavy atom. The summed E-state index contributed by atoms with van der Waals surface area (Å²) in [5, 5.41) is 1.13. The SMILES string of the molecule is Cc1cc(OC(C)C)cc(C)c1PC(=O)c1ccc(C(C)(C)C)cc1. The summed E-state index contributed by atoms with van der Waals surface area (Å²) in [5.74, 6) is 0.875. The number of rotatable bonds is 5. The molecule has 0 saturated heterocycles. The molecule has 0 aliphatic carbocycles. The van der Waals surface area contributed by atoms with Gasteiger partial charge in [-0.2, -0.15) is 0 Å². The highest BCUT2D eigenvalue weighted by molar-refractivity contribution is 7.66. The van der Waals surface area contributed by atoms with Crippen molar-refractivity contribution in [2.45, 2.75) is 60.0 Å². The van der Waals surface area contributed by atoms with E-state index in [0.717, 1.165) is 27.7 Å². The van der Waals surface area contributed by atoms with Gasteiger partial charge in [0.05, 0.1) is 6.10 Å². The molecule has 134 valence electrons. The molecule has 0 fully saturated rings. The highest BCUT2D eigenvalue weighted by Gasteiger charge is 2.16. The van der Waals surface area contributed by atoms with E-state index in [2.05, 4.69) is 46.8 Å². The van der Waals surface area contributed by atoms with Crippen LogP contribution in [0.1, 0.15) is 61.7 Å². The summed E-state index contributed by atoms with van der Waals surface area (Å²) in [4.78, 5) is 12.7. The molecule has 0 aliphatic heterocycles. The van der Waals surface area contributed by atoms with Crippen LogP contribution in [0.25, 0.3) is 0 Å². The lowest BCUT2D eigenvalue weighted by molar-refractivity contribution is 0.108. The molecule has 0 aromatic heterocycles. The fraction of sp³-hybridized carbons (Fsp3) is 0.409. The quantitative estimate of drug-likeness (QED) is 0.658. The van der Waals surface area contributed by atoms with Gasteiger partial charge in [0.25, 0.3) is 0 Å². The topological polar surface area (TPSA) is 26.3 Å². The molecule has 2 nitrogen and oxygen atoms in total. The molecule has 0 N–H and O–H groups in total. The fourth-order valence-corrected chi connectivity index (χ4v) is 3.85. The van der Waals surface area contributed by atoms with Crippen molar-refractivity contribution in [3.8, 4) is 5.75 Å². The van der Waals surface area contributed by atoms with E-state index in [1.807, 2.05) is 38.1 Å². The Bertz CT molecular complexity index is 730. The normalized spacial score (nSPS) is 12.2. The molecule has 0 amide bonds. The molecular weight excluding hydrogens is 327 g/mol. The molecule has 0 radical (unpaired) electrons. The molecular formula is C22H29O2P. The Morgan fingerprint density at radius 3 is 1.96 bits per heavy atom. The molecule has 0 aliphatic rings. The maximum Gasteiger partial charge on any atom is 0.185 e. The summed E-state index contributed by atoms with van der Waals surface area (Å²) < 4.78 is 5.78. The number of benzene rings is 2. The predicted octanol–water partition coefficient (Wildman–Crippen LogP) is 5.53. The highest BCUT2D eigenvalue weighted by atomic mass is 31.1. The first-order chi connectivity index (χ1) is 11.6. The van der Waals surface area contributed by atoms with E-state index in [1.54, 1.807) is 0 Å². The number of carbonyl (C=O) groups is 1. The molecule has 1 atom stereocenters. The summed E-state index contributed by atoms with van der Waals surface area (Å²) in [6.45, 7) is 14.7. The summed E-state index contributed by atoms with van der Waals surface area (Å²) in [6.07, 6.45) is 0.148. The second-order valence-corrected chi connectivity index (χ2v) is 9.08. The molecule has 0 bridgehead atoms.